The average Bonchev–Trinajstić information content (AvgIpc) is 3.08. The second-order valence-corrected chi connectivity index (χ2v) is 9.40. The molecule has 13 heteroatoms. The molecule has 0 aliphatic heterocycles. The molecular formula is C19H18F4N4O4S. The van der Waals surface area contributed by atoms with E-state index >= 15 is 0 Å². The Bertz CT molecular complexity index is 1250. The minimum atomic E-state index is -5.00. The molecule has 0 aliphatic rings. The third-order valence-electron chi connectivity index (χ3n) is 4.05. The van der Waals surface area contributed by atoms with Crippen LogP contribution >= 0.6 is 0 Å². The van der Waals surface area contributed by atoms with Crippen LogP contribution in [-0.2, 0) is 14.8 Å². The Kier molecular flexibility index (Phi) is 6.00. The summed E-state index contributed by atoms with van der Waals surface area (Å²) in [6.45, 7) is 4.93. The maximum absolute atomic E-state index is 13.5. The molecule has 1 aromatic carbocycles. The van der Waals surface area contributed by atoms with Crippen molar-refractivity contribution in [2.24, 2.45) is 0 Å². The molecule has 32 heavy (non-hydrogen) atoms. The van der Waals surface area contributed by atoms with Gasteiger partial charge in [-0.1, -0.05) is 12.1 Å². The van der Waals surface area contributed by atoms with E-state index in [4.69, 9.17) is 4.74 Å². The van der Waals surface area contributed by atoms with Gasteiger partial charge in [-0.3, -0.25) is 0 Å². The number of nitrogens with one attached hydrogen (secondary N) is 1. The number of carbonyl (C=O) groups excluding carboxylic acids is 1. The molecule has 0 radical (unpaired) electrons. The molecule has 1 N–H and O–H groups in total. The van der Waals surface area contributed by atoms with E-state index in [0.29, 0.717) is 0 Å². The van der Waals surface area contributed by atoms with Gasteiger partial charge in [-0.05, 0) is 50.6 Å². The van der Waals surface area contributed by atoms with Crippen LogP contribution in [0.25, 0.3) is 11.0 Å². The predicted molar refractivity (Wildman–Crippen MR) is 105 cm³/mol. The maximum Gasteiger partial charge on any atom is 0.435 e. The highest BCUT2D eigenvalue weighted by Crippen LogP contribution is 2.34. The average molecular weight is 474 g/mol. The number of nitrogens with zero attached hydrogens (tertiary/aromatic N) is 3. The summed E-state index contributed by atoms with van der Waals surface area (Å²) in [5.41, 5.74) is -1.27. The van der Waals surface area contributed by atoms with Crippen LogP contribution in [0.4, 0.5) is 22.4 Å². The Balaban J connectivity index is 1.94. The van der Waals surface area contributed by atoms with Crippen molar-refractivity contribution in [3.05, 3.63) is 54.0 Å². The number of benzene rings is 1. The SMILES string of the molecule is CC(C)(C)OC(=O)n1ncc2nc(S(=O)(=O)N[C@H](c3ccc(F)cc3)C(F)(F)F)ccc21. The molecule has 0 spiro atoms. The lowest BCUT2D eigenvalue weighted by atomic mass is 10.1. The number of fused-ring (bicyclic) bond motifs is 1. The smallest absolute Gasteiger partial charge is 0.435 e. The van der Waals surface area contributed by atoms with Gasteiger partial charge in [0.15, 0.2) is 5.03 Å². The third-order valence-corrected chi connectivity index (χ3v) is 5.37. The van der Waals surface area contributed by atoms with Gasteiger partial charge in [-0.15, -0.1) is 0 Å². The standard InChI is InChI=1S/C19H18F4N4O4S/c1-18(2,3)31-17(28)27-14-8-9-15(25-13(14)10-24-27)32(29,30)26-16(19(21,22)23)11-4-6-12(20)7-5-11/h4-10,16,26H,1-3H3/t16-/m1/s1. The maximum atomic E-state index is 13.5. The van der Waals surface area contributed by atoms with Gasteiger partial charge < -0.3 is 4.74 Å². The fourth-order valence-electron chi connectivity index (χ4n) is 2.69. The normalized spacial score (nSPS) is 13.8. The number of ether oxygens (including phenoxy) is 1. The van der Waals surface area contributed by atoms with Crippen LogP contribution in [0.1, 0.15) is 32.4 Å². The Morgan fingerprint density at radius 1 is 1.09 bits per heavy atom. The Morgan fingerprint density at radius 2 is 1.72 bits per heavy atom. The number of aromatic nitrogens is 3. The predicted octanol–water partition coefficient (Wildman–Crippen LogP) is 3.94. The molecule has 172 valence electrons. The number of rotatable bonds is 4. The molecule has 1 atom stereocenters. The number of hydrogen-bond donors (Lipinski definition) is 1. The van der Waals surface area contributed by atoms with Crippen molar-refractivity contribution >= 4 is 27.1 Å². The van der Waals surface area contributed by atoms with Crippen LogP contribution < -0.4 is 4.72 Å². The molecule has 0 saturated carbocycles. The highest BCUT2D eigenvalue weighted by atomic mass is 32.2. The van der Waals surface area contributed by atoms with Crippen LogP contribution in [0.3, 0.4) is 0 Å². The Hall–Kier alpha value is -3.06. The molecule has 0 aliphatic carbocycles. The lowest BCUT2D eigenvalue weighted by Crippen LogP contribution is -2.38. The molecule has 2 aromatic heterocycles. The second kappa shape index (κ2) is 8.13. The second-order valence-electron chi connectivity index (χ2n) is 7.74. The van der Waals surface area contributed by atoms with E-state index in [9.17, 15) is 30.8 Å². The van der Waals surface area contributed by atoms with E-state index in [0.717, 1.165) is 41.2 Å². The van der Waals surface area contributed by atoms with Gasteiger partial charge in [0.05, 0.1) is 11.7 Å². The summed E-state index contributed by atoms with van der Waals surface area (Å²) in [5.74, 6) is -0.772. The number of sulfonamides is 1. The van der Waals surface area contributed by atoms with Crippen LogP contribution in [-0.4, -0.2) is 41.1 Å². The zero-order valence-electron chi connectivity index (χ0n) is 17.0. The first-order valence-corrected chi connectivity index (χ1v) is 10.6. The highest BCUT2D eigenvalue weighted by Gasteiger charge is 2.43. The number of pyridine rings is 1. The fraction of sp³-hybridized carbons (Fsp3) is 0.316. The monoisotopic (exact) mass is 474 g/mol. The summed E-state index contributed by atoms with van der Waals surface area (Å²) < 4.78 is 86.5. The Morgan fingerprint density at radius 3 is 2.28 bits per heavy atom. The van der Waals surface area contributed by atoms with E-state index < -0.39 is 50.3 Å². The largest absolute Gasteiger partial charge is 0.442 e. The van der Waals surface area contributed by atoms with Crippen LogP contribution in [0.2, 0.25) is 0 Å². The third kappa shape index (κ3) is 5.22. The Labute approximate surface area is 180 Å². The molecule has 0 unspecified atom stereocenters. The van der Waals surface area contributed by atoms with Crippen molar-refractivity contribution in [1.29, 1.82) is 0 Å². The van der Waals surface area contributed by atoms with E-state index in [2.05, 4.69) is 10.1 Å². The van der Waals surface area contributed by atoms with Crippen LogP contribution in [0.15, 0.2) is 47.6 Å². The molecule has 8 nitrogen and oxygen atoms in total. The first-order chi connectivity index (χ1) is 14.7. The summed E-state index contributed by atoms with van der Waals surface area (Å²) in [4.78, 5) is 16.0. The van der Waals surface area contributed by atoms with Crippen LogP contribution in [0.5, 0.6) is 0 Å². The number of halogens is 4. The minimum Gasteiger partial charge on any atom is -0.442 e. The summed E-state index contributed by atoms with van der Waals surface area (Å²) in [5, 5.41) is 3.09. The van der Waals surface area contributed by atoms with Crippen molar-refractivity contribution in [3.8, 4) is 0 Å². The molecule has 0 bridgehead atoms. The van der Waals surface area contributed by atoms with Gasteiger partial charge in [0, 0.05) is 0 Å². The molecule has 0 amide bonds. The summed E-state index contributed by atoms with van der Waals surface area (Å²) in [6, 6.07) is 2.72. The van der Waals surface area contributed by atoms with Gasteiger partial charge in [0.1, 0.15) is 23.0 Å². The van der Waals surface area contributed by atoms with E-state index in [1.54, 1.807) is 25.5 Å². The first-order valence-electron chi connectivity index (χ1n) is 9.10. The van der Waals surface area contributed by atoms with Gasteiger partial charge in [0.2, 0.25) is 0 Å². The summed E-state index contributed by atoms with van der Waals surface area (Å²) in [6.07, 6.45) is -4.76. The minimum absolute atomic E-state index is 0.0518. The molecular weight excluding hydrogens is 456 g/mol. The summed E-state index contributed by atoms with van der Waals surface area (Å²) in [7, 11) is -4.76. The first kappa shape index (κ1) is 23.6. The van der Waals surface area contributed by atoms with Crippen molar-refractivity contribution in [3.63, 3.8) is 0 Å². The molecule has 0 fully saturated rings. The van der Waals surface area contributed by atoms with Crippen molar-refractivity contribution in [2.75, 3.05) is 0 Å². The van der Waals surface area contributed by atoms with Gasteiger partial charge in [-0.2, -0.15) is 27.7 Å². The van der Waals surface area contributed by atoms with E-state index in [1.807, 2.05) is 0 Å². The lowest BCUT2D eigenvalue weighted by Gasteiger charge is -2.21. The number of carbonyl (C=O) groups is 1. The zero-order valence-corrected chi connectivity index (χ0v) is 17.8. The van der Waals surface area contributed by atoms with Gasteiger partial charge in [-0.25, -0.2) is 22.6 Å². The van der Waals surface area contributed by atoms with Gasteiger partial charge >= 0.3 is 12.3 Å². The molecule has 3 aromatic rings. The quantitative estimate of drug-likeness (QED) is 0.575. The summed E-state index contributed by atoms with van der Waals surface area (Å²) >= 11 is 0. The zero-order chi connectivity index (χ0) is 23.9. The van der Waals surface area contributed by atoms with E-state index in [1.165, 1.54) is 6.07 Å². The highest BCUT2D eigenvalue weighted by molar-refractivity contribution is 7.89. The molecule has 3 rings (SSSR count). The lowest BCUT2D eigenvalue weighted by molar-refractivity contribution is -0.153. The van der Waals surface area contributed by atoms with Crippen LogP contribution in [0, 0.1) is 5.82 Å². The number of alkyl halides is 3. The fourth-order valence-corrected chi connectivity index (χ4v) is 3.86. The topological polar surface area (TPSA) is 103 Å². The van der Waals surface area contributed by atoms with Crippen molar-refractivity contribution in [1.82, 2.24) is 19.5 Å². The van der Waals surface area contributed by atoms with Crippen molar-refractivity contribution < 1.29 is 35.5 Å². The number of hydrogen-bond acceptors (Lipinski definition) is 6. The van der Waals surface area contributed by atoms with E-state index in [-0.39, 0.29) is 11.0 Å². The van der Waals surface area contributed by atoms with Gasteiger partial charge in [0.25, 0.3) is 10.0 Å². The molecule has 2 heterocycles. The molecule has 0 saturated heterocycles. The van der Waals surface area contributed by atoms with Crippen molar-refractivity contribution in [2.45, 2.75) is 43.6 Å².